The minimum absolute atomic E-state index is 0.0857. The van der Waals surface area contributed by atoms with E-state index < -0.39 is 11.7 Å². The normalized spacial score (nSPS) is 45.2. The van der Waals surface area contributed by atoms with E-state index in [1.165, 1.54) is 12.8 Å². The van der Waals surface area contributed by atoms with Crippen molar-refractivity contribution in [2.24, 2.45) is 22.7 Å². The molecule has 2 aliphatic rings. The predicted octanol–water partition coefficient (Wildman–Crippen LogP) is 4.47. The van der Waals surface area contributed by atoms with Crippen molar-refractivity contribution in [3.63, 3.8) is 0 Å². The molecule has 0 bridgehead atoms. The van der Waals surface area contributed by atoms with Gasteiger partial charge < -0.3 is 10.2 Å². The lowest BCUT2D eigenvalue weighted by atomic mass is 9.44. The molecule has 126 valence electrons. The van der Waals surface area contributed by atoms with Gasteiger partial charge in [-0.3, -0.25) is 0 Å². The topological polar surface area (TPSA) is 40.5 Å². The minimum atomic E-state index is -1.02. The standard InChI is InChI=1S/C20H34O2/c1-7-14(2)9-10-15-19(5)12-8-11-18(3,4)16(19)13-17(21)20(15,6)22/h7,9,15-17,21-22H,1,8,10-13H2,2-6H3/t15-,16+,17+,19-,20+/m0/s1. The number of hydrogen-bond acceptors (Lipinski definition) is 2. The van der Waals surface area contributed by atoms with E-state index in [4.69, 9.17) is 0 Å². The summed E-state index contributed by atoms with van der Waals surface area (Å²) in [7, 11) is 0. The van der Waals surface area contributed by atoms with Gasteiger partial charge in [0.15, 0.2) is 0 Å². The minimum Gasteiger partial charge on any atom is -0.390 e. The van der Waals surface area contributed by atoms with Gasteiger partial charge in [0.25, 0.3) is 0 Å². The van der Waals surface area contributed by atoms with Crippen LogP contribution in [0.3, 0.4) is 0 Å². The first-order chi connectivity index (χ1) is 10.1. The second-order valence-corrected chi connectivity index (χ2v) is 8.82. The molecule has 0 unspecified atom stereocenters. The van der Waals surface area contributed by atoms with Crippen LogP contribution in [0, 0.1) is 22.7 Å². The van der Waals surface area contributed by atoms with E-state index in [0.29, 0.717) is 5.92 Å². The summed E-state index contributed by atoms with van der Waals surface area (Å²) in [5, 5.41) is 21.7. The Morgan fingerprint density at radius 1 is 1.23 bits per heavy atom. The summed E-state index contributed by atoms with van der Waals surface area (Å²) in [5.41, 5.74) is 0.449. The maximum absolute atomic E-state index is 11.1. The molecule has 2 N–H and O–H groups in total. The number of aliphatic hydroxyl groups is 2. The molecule has 0 spiro atoms. The first-order valence-electron chi connectivity index (χ1n) is 8.75. The average molecular weight is 306 g/mol. The largest absolute Gasteiger partial charge is 0.390 e. The molecule has 0 aromatic rings. The summed E-state index contributed by atoms with van der Waals surface area (Å²) in [6, 6.07) is 0. The summed E-state index contributed by atoms with van der Waals surface area (Å²) < 4.78 is 0. The van der Waals surface area contributed by atoms with Gasteiger partial charge in [0.1, 0.15) is 0 Å². The van der Waals surface area contributed by atoms with Crippen LogP contribution in [0.15, 0.2) is 24.3 Å². The van der Waals surface area contributed by atoms with Gasteiger partial charge >= 0.3 is 0 Å². The lowest BCUT2D eigenvalue weighted by molar-refractivity contribution is -0.217. The molecule has 0 saturated heterocycles. The highest BCUT2D eigenvalue weighted by Crippen LogP contribution is 2.62. The Bertz CT molecular complexity index is 460. The number of aliphatic hydroxyl groups excluding tert-OH is 1. The maximum Gasteiger partial charge on any atom is 0.0913 e. The van der Waals surface area contributed by atoms with Crippen molar-refractivity contribution in [1.82, 2.24) is 0 Å². The average Bonchev–Trinajstić information content (AvgIpc) is 2.40. The molecule has 0 aliphatic heterocycles. The molecule has 2 nitrogen and oxygen atoms in total. The van der Waals surface area contributed by atoms with E-state index in [9.17, 15) is 10.2 Å². The zero-order chi connectivity index (χ0) is 16.8. The van der Waals surface area contributed by atoms with Crippen molar-refractivity contribution in [1.29, 1.82) is 0 Å². The quantitative estimate of drug-likeness (QED) is 0.755. The summed E-state index contributed by atoms with van der Waals surface area (Å²) in [4.78, 5) is 0. The summed E-state index contributed by atoms with van der Waals surface area (Å²) in [6.45, 7) is 14.7. The Balaban J connectivity index is 2.42. The molecule has 2 aliphatic carbocycles. The predicted molar refractivity (Wildman–Crippen MR) is 92.5 cm³/mol. The highest BCUT2D eigenvalue weighted by molar-refractivity contribution is 5.17. The van der Waals surface area contributed by atoms with Gasteiger partial charge in [-0.2, -0.15) is 0 Å². The molecule has 0 amide bonds. The highest BCUT2D eigenvalue weighted by atomic mass is 16.3. The van der Waals surface area contributed by atoms with Crippen LogP contribution in [-0.4, -0.2) is 21.9 Å². The van der Waals surface area contributed by atoms with Gasteiger partial charge in [0, 0.05) is 0 Å². The fourth-order valence-corrected chi connectivity index (χ4v) is 5.43. The van der Waals surface area contributed by atoms with Crippen LogP contribution in [0.2, 0.25) is 0 Å². The van der Waals surface area contributed by atoms with Crippen LogP contribution in [0.25, 0.3) is 0 Å². The van der Waals surface area contributed by atoms with E-state index >= 15 is 0 Å². The molecule has 2 rings (SSSR count). The third kappa shape index (κ3) is 2.80. The SMILES string of the molecule is C=CC(C)=CC[C@@H]1[C@@](C)(O)[C@H](O)C[C@@H]2C(C)(C)CCC[C@]21C. The molecule has 0 radical (unpaired) electrons. The van der Waals surface area contributed by atoms with Crippen LogP contribution in [0.5, 0.6) is 0 Å². The number of allylic oxidation sites excluding steroid dienone is 3. The number of fused-ring (bicyclic) bond motifs is 1. The Labute approximate surface area is 136 Å². The fraction of sp³-hybridized carbons (Fsp3) is 0.800. The van der Waals surface area contributed by atoms with Crippen molar-refractivity contribution < 1.29 is 10.2 Å². The summed E-state index contributed by atoms with van der Waals surface area (Å²) >= 11 is 0. The number of rotatable bonds is 3. The molecule has 22 heavy (non-hydrogen) atoms. The Morgan fingerprint density at radius 3 is 2.45 bits per heavy atom. The van der Waals surface area contributed by atoms with Gasteiger partial charge in [0.05, 0.1) is 11.7 Å². The van der Waals surface area contributed by atoms with Crippen LogP contribution in [0.4, 0.5) is 0 Å². The second-order valence-electron chi connectivity index (χ2n) is 8.82. The summed E-state index contributed by atoms with van der Waals surface area (Å²) in [5.74, 6) is 0.551. The van der Waals surface area contributed by atoms with Gasteiger partial charge in [0.2, 0.25) is 0 Å². The zero-order valence-electron chi connectivity index (χ0n) is 15.0. The molecule has 0 heterocycles. The monoisotopic (exact) mass is 306 g/mol. The van der Waals surface area contributed by atoms with Gasteiger partial charge in [-0.05, 0) is 62.2 Å². The Morgan fingerprint density at radius 2 is 1.86 bits per heavy atom. The maximum atomic E-state index is 11.1. The Hall–Kier alpha value is -0.600. The van der Waals surface area contributed by atoms with Gasteiger partial charge in [-0.25, -0.2) is 0 Å². The third-order valence-electron chi connectivity index (χ3n) is 6.91. The van der Waals surface area contributed by atoms with Crippen LogP contribution < -0.4 is 0 Å². The second kappa shape index (κ2) is 5.79. The van der Waals surface area contributed by atoms with E-state index in [-0.39, 0.29) is 16.7 Å². The third-order valence-corrected chi connectivity index (χ3v) is 6.91. The first kappa shape index (κ1) is 17.7. The fourth-order valence-electron chi connectivity index (χ4n) is 5.43. The molecule has 2 heteroatoms. The summed E-state index contributed by atoms with van der Waals surface area (Å²) in [6.07, 6.45) is 8.51. The number of hydrogen-bond donors (Lipinski definition) is 2. The molecule has 0 aromatic heterocycles. The Kier molecular flexibility index (Phi) is 4.68. The van der Waals surface area contributed by atoms with Crippen LogP contribution in [0.1, 0.15) is 66.7 Å². The smallest absolute Gasteiger partial charge is 0.0913 e. The molecule has 5 atom stereocenters. The van der Waals surface area contributed by atoms with Crippen molar-refractivity contribution in [2.45, 2.75) is 78.4 Å². The van der Waals surface area contributed by atoms with E-state index in [0.717, 1.165) is 24.8 Å². The lowest BCUT2D eigenvalue weighted by Crippen LogP contribution is -2.63. The molecular weight excluding hydrogens is 272 g/mol. The molecular formula is C20H34O2. The zero-order valence-corrected chi connectivity index (χ0v) is 15.0. The van der Waals surface area contributed by atoms with Crippen molar-refractivity contribution in [2.75, 3.05) is 0 Å². The van der Waals surface area contributed by atoms with E-state index in [1.54, 1.807) is 0 Å². The highest BCUT2D eigenvalue weighted by Gasteiger charge is 2.60. The van der Waals surface area contributed by atoms with Crippen LogP contribution in [-0.2, 0) is 0 Å². The van der Waals surface area contributed by atoms with Crippen molar-refractivity contribution >= 4 is 0 Å². The molecule has 2 fully saturated rings. The molecule has 0 aromatic carbocycles. The van der Waals surface area contributed by atoms with Gasteiger partial charge in [-0.15, -0.1) is 0 Å². The first-order valence-corrected chi connectivity index (χ1v) is 8.75. The van der Waals surface area contributed by atoms with Crippen molar-refractivity contribution in [3.8, 4) is 0 Å². The van der Waals surface area contributed by atoms with E-state index in [1.807, 2.05) is 19.9 Å². The lowest BCUT2D eigenvalue weighted by Gasteiger charge is -2.62. The molecule has 2 saturated carbocycles. The van der Waals surface area contributed by atoms with Gasteiger partial charge in [-0.1, -0.05) is 51.5 Å². The van der Waals surface area contributed by atoms with Crippen LogP contribution >= 0.6 is 0 Å². The van der Waals surface area contributed by atoms with Crippen molar-refractivity contribution in [3.05, 3.63) is 24.3 Å². The van der Waals surface area contributed by atoms with E-state index in [2.05, 4.69) is 33.4 Å².